The van der Waals surface area contributed by atoms with Gasteiger partial charge in [0.2, 0.25) is 0 Å². The highest BCUT2D eigenvalue weighted by atomic mass is 35.5. The Morgan fingerprint density at radius 2 is 1.90 bits per heavy atom. The van der Waals surface area contributed by atoms with Crippen LogP contribution >= 0.6 is 11.6 Å². The zero-order valence-corrected chi connectivity index (χ0v) is 12.5. The van der Waals surface area contributed by atoms with E-state index in [0.717, 1.165) is 29.1 Å². The molecule has 0 aliphatic heterocycles. The van der Waals surface area contributed by atoms with Gasteiger partial charge in [0.25, 0.3) is 0 Å². The number of rotatable bonds is 3. The van der Waals surface area contributed by atoms with E-state index in [1.54, 1.807) is 10.9 Å². The van der Waals surface area contributed by atoms with Crippen molar-refractivity contribution in [3.05, 3.63) is 53.1 Å². The summed E-state index contributed by atoms with van der Waals surface area (Å²) in [5.41, 5.74) is 3.32. The van der Waals surface area contributed by atoms with Gasteiger partial charge >= 0.3 is 0 Å². The third kappa shape index (κ3) is 2.52. The van der Waals surface area contributed by atoms with Gasteiger partial charge in [-0.1, -0.05) is 41.9 Å². The predicted octanol–water partition coefficient (Wildman–Crippen LogP) is 3.25. The van der Waals surface area contributed by atoms with Crippen molar-refractivity contribution < 1.29 is 0 Å². The van der Waals surface area contributed by atoms with Crippen molar-refractivity contribution in [3.8, 4) is 17.1 Å². The average Bonchev–Trinajstić information content (AvgIpc) is 3.00. The highest BCUT2D eigenvalue weighted by Crippen LogP contribution is 2.26. The summed E-state index contributed by atoms with van der Waals surface area (Å²) < 4.78 is 1.76. The maximum Gasteiger partial charge on any atom is 0.136 e. The molecule has 0 amide bonds. The molecule has 1 aromatic carbocycles. The van der Waals surface area contributed by atoms with Crippen molar-refractivity contribution in [2.24, 2.45) is 0 Å². The van der Waals surface area contributed by atoms with Crippen LogP contribution in [0.25, 0.3) is 17.1 Å². The van der Waals surface area contributed by atoms with Gasteiger partial charge in [-0.3, -0.25) is 0 Å². The summed E-state index contributed by atoms with van der Waals surface area (Å²) in [6.07, 6.45) is 2.41. The lowest BCUT2D eigenvalue weighted by atomic mass is 10.2. The van der Waals surface area contributed by atoms with Crippen molar-refractivity contribution in [2.45, 2.75) is 20.3 Å². The number of benzene rings is 1. The Morgan fingerprint density at radius 3 is 2.62 bits per heavy atom. The van der Waals surface area contributed by atoms with E-state index >= 15 is 0 Å². The number of nitrogens with zero attached hydrogens (tertiary/aromatic N) is 5. The van der Waals surface area contributed by atoms with Gasteiger partial charge in [0.15, 0.2) is 0 Å². The Hall–Kier alpha value is -2.27. The number of halogens is 1. The minimum absolute atomic E-state index is 0.470. The summed E-state index contributed by atoms with van der Waals surface area (Å²) in [4.78, 5) is 8.85. The van der Waals surface area contributed by atoms with Crippen LogP contribution in [0.4, 0.5) is 0 Å². The lowest BCUT2D eigenvalue weighted by Gasteiger charge is -2.10. The fourth-order valence-corrected chi connectivity index (χ4v) is 2.28. The van der Waals surface area contributed by atoms with Gasteiger partial charge in [0.05, 0.1) is 17.6 Å². The predicted molar refractivity (Wildman–Crippen MR) is 81.5 cm³/mol. The van der Waals surface area contributed by atoms with Gasteiger partial charge in [-0.15, -0.1) is 5.10 Å². The van der Waals surface area contributed by atoms with E-state index < -0.39 is 0 Å². The fraction of sp³-hybridized carbons (Fsp3) is 0.200. The first-order valence-corrected chi connectivity index (χ1v) is 7.08. The first-order valence-electron chi connectivity index (χ1n) is 6.70. The number of hydrogen-bond donors (Lipinski definition) is 0. The maximum absolute atomic E-state index is 6.21. The summed E-state index contributed by atoms with van der Waals surface area (Å²) in [5.74, 6) is 0.710. The van der Waals surface area contributed by atoms with E-state index in [9.17, 15) is 0 Å². The van der Waals surface area contributed by atoms with Crippen LogP contribution < -0.4 is 0 Å². The van der Waals surface area contributed by atoms with Crippen molar-refractivity contribution in [1.82, 2.24) is 25.0 Å². The van der Waals surface area contributed by atoms with Crippen LogP contribution in [0.5, 0.6) is 0 Å². The molecule has 0 radical (unpaired) electrons. The standard InChI is InChI=1S/C15H14ClN5/c1-3-13-18-14(10(2)15(16)19-13)12-9-17-20-21(12)11-7-5-4-6-8-11/h4-9H,3H2,1-2H3. The SMILES string of the molecule is CCc1nc(Cl)c(C)c(-c2cnnn2-c2ccccc2)n1. The molecule has 0 fully saturated rings. The van der Waals surface area contributed by atoms with E-state index in [4.69, 9.17) is 11.6 Å². The van der Waals surface area contributed by atoms with Crippen molar-refractivity contribution in [2.75, 3.05) is 0 Å². The van der Waals surface area contributed by atoms with Gasteiger partial charge in [0.1, 0.15) is 16.7 Å². The molecule has 6 heteroatoms. The smallest absolute Gasteiger partial charge is 0.136 e. The Balaban J connectivity index is 2.19. The van der Waals surface area contributed by atoms with Gasteiger partial charge in [-0.05, 0) is 19.1 Å². The second kappa shape index (κ2) is 5.61. The molecule has 106 valence electrons. The average molecular weight is 300 g/mol. The summed E-state index contributed by atoms with van der Waals surface area (Å²) in [6, 6.07) is 9.81. The maximum atomic E-state index is 6.21. The first-order chi connectivity index (χ1) is 10.2. The summed E-state index contributed by atoms with van der Waals surface area (Å²) in [7, 11) is 0. The molecule has 3 aromatic rings. The van der Waals surface area contributed by atoms with E-state index in [1.807, 2.05) is 44.2 Å². The van der Waals surface area contributed by atoms with Crippen LogP contribution in [-0.4, -0.2) is 25.0 Å². The van der Waals surface area contributed by atoms with E-state index in [2.05, 4.69) is 20.3 Å². The van der Waals surface area contributed by atoms with Crippen molar-refractivity contribution >= 4 is 11.6 Å². The molecule has 0 bridgehead atoms. The lowest BCUT2D eigenvalue weighted by molar-refractivity contribution is 0.803. The minimum Gasteiger partial charge on any atom is -0.231 e. The van der Waals surface area contributed by atoms with E-state index in [0.29, 0.717) is 11.0 Å². The Morgan fingerprint density at radius 1 is 1.14 bits per heavy atom. The molecule has 0 aliphatic rings. The third-order valence-corrected chi connectivity index (χ3v) is 3.61. The van der Waals surface area contributed by atoms with Crippen LogP contribution in [0.3, 0.4) is 0 Å². The van der Waals surface area contributed by atoms with Crippen molar-refractivity contribution in [3.63, 3.8) is 0 Å². The van der Waals surface area contributed by atoms with E-state index in [-0.39, 0.29) is 0 Å². The molecule has 0 saturated heterocycles. The second-order valence-corrected chi connectivity index (χ2v) is 4.98. The van der Waals surface area contributed by atoms with Gasteiger partial charge in [0, 0.05) is 12.0 Å². The molecule has 0 saturated carbocycles. The molecule has 0 unspecified atom stereocenters. The zero-order valence-electron chi connectivity index (χ0n) is 11.8. The van der Waals surface area contributed by atoms with E-state index in [1.165, 1.54) is 0 Å². The molecule has 0 N–H and O–H groups in total. The molecule has 2 heterocycles. The molecule has 0 aliphatic carbocycles. The van der Waals surface area contributed by atoms with Crippen molar-refractivity contribution in [1.29, 1.82) is 0 Å². The van der Waals surface area contributed by atoms with Crippen LogP contribution in [-0.2, 0) is 6.42 Å². The quantitative estimate of drug-likeness (QED) is 0.697. The Bertz CT molecular complexity index is 767. The molecular formula is C15H14ClN5. The third-order valence-electron chi connectivity index (χ3n) is 3.24. The Kier molecular flexibility index (Phi) is 3.66. The monoisotopic (exact) mass is 299 g/mol. The normalized spacial score (nSPS) is 10.8. The van der Waals surface area contributed by atoms with Crippen LogP contribution in [0.2, 0.25) is 5.15 Å². The van der Waals surface area contributed by atoms with Crippen LogP contribution in [0.1, 0.15) is 18.3 Å². The highest BCUT2D eigenvalue weighted by Gasteiger charge is 2.16. The van der Waals surface area contributed by atoms with Gasteiger partial charge in [-0.2, -0.15) is 0 Å². The Labute approximate surface area is 127 Å². The topological polar surface area (TPSA) is 56.5 Å². The van der Waals surface area contributed by atoms with Crippen LogP contribution in [0, 0.1) is 6.92 Å². The number of para-hydroxylation sites is 1. The summed E-state index contributed by atoms with van der Waals surface area (Å²) in [5, 5.41) is 8.63. The molecule has 21 heavy (non-hydrogen) atoms. The first kappa shape index (κ1) is 13.7. The number of aromatic nitrogens is 5. The second-order valence-electron chi connectivity index (χ2n) is 4.62. The van der Waals surface area contributed by atoms with Gasteiger partial charge in [-0.25, -0.2) is 14.6 Å². The summed E-state index contributed by atoms with van der Waals surface area (Å²) >= 11 is 6.21. The molecule has 0 spiro atoms. The number of hydrogen-bond acceptors (Lipinski definition) is 4. The zero-order chi connectivity index (χ0) is 14.8. The fourth-order valence-electron chi connectivity index (χ4n) is 2.10. The van der Waals surface area contributed by atoms with Gasteiger partial charge < -0.3 is 0 Å². The largest absolute Gasteiger partial charge is 0.231 e. The lowest BCUT2D eigenvalue weighted by Crippen LogP contribution is -2.04. The molecular weight excluding hydrogens is 286 g/mol. The van der Waals surface area contributed by atoms with Crippen LogP contribution in [0.15, 0.2) is 36.5 Å². The molecule has 5 nitrogen and oxygen atoms in total. The molecule has 3 rings (SSSR count). The summed E-state index contributed by atoms with van der Waals surface area (Å²) in [6.45, 7) is 3.90. The molecule has 2 aromatic heterocycles. The highest BCUT2D eigenvalue weighted by molar-refractivity contribution is 6.30. The number of aryl methyl sites for hydroxylation is 1. The molecule has 0 atom stereocenters. The minimum atomic E-state index is 0.470.